The first-order chi connectivity index (χ1) is 17.8. The minimum Gasteiger partial charge on any atom is -0.423 e. The number of esters is 1. The van der Waals surface area contributed by atoms with Gasteiger partial charge in [0.1, 0.15) is 5.75 Å². The second kappa shape index (κ2) is 16.6. The second-order valence-electron chi connectivity index (χ2n) is 7.70. The summed E-state index contributed by atoms with van der Waals surface area (Å²) < 4.78 is 5.42. The number of aryl methyl sites for hydroxylation is 1. The Balaban J connectivity index is 0.00000172. The maximum absolute atomic E-state index is 12.7. The first-order valence-electron chi connectivity index (χ1n) is 11.3. The number of halogens is 2. The summed E-state index contributed by atoms with van der Waals surface area (Å²) >= 11 is 6.40. The van der Waals surface area contributed by atoms with Crippen LogP contribution in [0.15, 0.2) is 77.8 Å². The molecule has 1 amide bonds. The van der Waals surface area contributed by atoms with Crippen LogP contribution in [0.4, 0.5) is 5.69 Å². The van der Waals surface area contributed by atoms with Gasteiger partial charge in [-0.05, 0) is 60.9 Å². The Morgan fingerprint density at radius 1 is 1.00 bits per heavy atom. The number of hydrogen-bond acceptors (Lipinski definition) is 6. The first kappa shape index (κ1) is 31.9. The summed E-state index contributed by atoms with van der Waals surface area (Å²) in [5.41, 5.74) is 13.5. The molecule has 11 heteroatoms. The smallest absolute Gasteiger partial charge is 0.373 e. The van der Waals surface area contributed by atoms with E-state index in [1.165, 1.54) is 0 Å². The van der Waals surface area contributed by atoms with E-state index in [2.05, 4.69) is 4.99 Å². The molecular formula is C27H28Cl2N4O5. The molecule has 0 radical (unpaired) electrons. The third-order valence-electron chi connectivity index (χ3n) is 5.16. The molecule has 0 unspecified atom stereocenters. The zero-order chi connectivity index (χ0) is 27.2. The van der Waals surface area contributed by atoms with Crippen LogP contribution in [-0.2, 0) is 27.3 Å². The van der Waals surface area contributed by atoms with Crippen LogP contribution in [0, 0.1) is 0 Å². The van der Waals surface area contributed by atoms with Crippen LogP contribution < -0.4 is 16.2 Å². The summed E-state index contributed by atoms with van der Waals surface area (Å²) in [7, 11) is 0. The number of amides is 1. The third-order valence-corrected chi connectivity index (χ3v) is 5.51. The van der Waals surface area contributed by atoms with E-state index >= 15 is 0 Å². The molecule has 0 aliphatic carbocycles. The predicted molar refractivity (Wildman–Crippen MR) is 146 cm³/mol. The van der Waals surface area contributed by atoms with E-state index in [1.54, 1.807) is 42.5 Å². The minimum atomic E-state index is -0.533. The minimum absolute atomic E-state index is 0. The van der Waals surface area contributed by atoms with Crippen molar-refractivity contribution in [1.29, 1.82) is 0 Å². The van der Waals surface area contributed by atoms with E-state index < -0.39 is 5.97 Å². The van der Waals surface area contributed by atoms with Gasteiger partial charge in [0.05, 0.1) is 11.3 Å². The molecule has 0 fully saturated rings. The molecule has 0 aliphatic rings. The summed E-state index contributed by atoms with van der Waals surface area (Å²) in [5.74, 6) is -0.222. The number of guanidine groups is 1. The maximum Gasteiger partial charge on any atom is 0.373 e. The number of ether oxygens (including phenoxy) is 1. The Kier molecular flexibility index (Phi) is 13.9. The van der Waals surface area contributed by atoms with Crippen molar-refractivity contribution in [3.05, 3.63) is 94.5 Å². The lowest BCUT2D eigenvalue weighted by Crippen LogP contribution is -2.30. The lowest BCUT2D eigenvalue weighted by Gasteiger charge is -2.21. The molecule has 9 nitrogen and oxygen atoms in total. The summed E-state index contributed by atoms with van der Waals surface area (Å²) in [6.07, 6.45) is 1.07. The van der Waals surface area contributed by atoms with Crippen molar-refractivity contribution in [3.63, 3.8) is 0 Å². The Bertz CT molecular complexity index is 1260. The van der Waals surface area contributed by atoms with Gasteiger partial charge in [0.15, 0.2) is 5.96 Å². The highest BCUT2D eigenvalue weighted by molar-refractivity contribution is 6.31. The molecular weight excluding hydrogens is 531 g/mol. The number of aliphatic imine (C=N–C) groups is 1. The number of hydrogen-bond donors (Lipinski definition) is 2. The molecule has 3 aromatic carbocycles. The maximum atomic E-state index is 12.7. The van der Waals surface area contributed by atoms with Crippen LogP contribution in [0.1, 0.15) is 34.8 Å². The van der Waals surface area contributed by atoms with E-state index in [0.29, 0.717) is 48.0 Å². The van der Waals surface area contributed by atoms with Gasteiger partial charge in [-0.1, -0.05) is 48.0 Å². The number of nitrogens with two attached hydrogens (primary N) is 2. The summed E-state index contributed by atoms with van der Waals surface area (Å²) in [6.45, 7) is 3.17. The summed E-state index contributed by atoms with van der Waals surface area (Å²) in [4.78, 5) is 47.1. The van der Waals surface area contributed by atoms with Gasteiger partial charge in [0.25, 0.3) is 0 Å². The number of rotatable bonds is 9. The third kappa shape index (κ3) is 10.4. The molecule has 0 aliphatic heterocycles. The predicted octanol–water partition coefficient (Wildman–Crippen LogP) is 4.28. The van der Waals surface area contributed by atoms with E-state index in [1.807, 2.05) is 42.2 Å². The fourth-order valence-electron chi connectivity index (χ4n) is 3.36. The van der Waals surface area contributed by atoms with Gasteiger partial charge in [0, 0.05) is 24.5 Å². The van der Waals surface area contributed by atoms with Crippen molar-refractivity contribution in [2.24, 2.45) is 16.5 Å². The fourth-order valence-corrected chi connectivity index (χ4v) is 3.63. The van der Waals surface area contributed by atoms with Crippen LogP contribution in [0.5, 0.6) is 5.75 Å². The number of carbonyl (C=O) groups is 2. The zero-order valence-electron chi connectivity index (χ0n) is 20.6. The fraction of sp³-hybridized carbons (Fsp3) is 0.185. The van der Waals surface area contributed by atoms with Gasteiger partial charge in [-0.25, -0.2) is 9.79 Å². The molecule has 0 aromatic heterocycles. The number of benzene rings is 3. The van der Waals surface area contributed by atoms with Gasteiger partial charge in [-0.3, -0.25) is 4.79 Å². The molecule has 4 N–H and O–H groups in total. The largest absolute Gasteiger partial charge is 0.423 e. The SMILES string of the molecule is CCN(Cc1ccccc1)C(=O)CCc1ccc(OC(=O)c2ccc(N=C(N)N)cc2)cc1Cl.Cl.O=C=O. The van der Waals surface area contributed by atoms with Gasteiger partial charge >= 0.3 is 12.1 Å². The van der Waals surface area contributed by atoms with Crippen molar-refractivity contribution < 1.29 is 23.9 Å². The van der Waals surface area contributed by atoms with Crippen LogP contribution >= 0.6 is 24.0 Å². The Labute approximate surface area is 231 Å². The van der Waals surface area contributed by atoms with Crippen LogP contribution in [0.25, 0.3) is 0 Å². The monoisotopic (exact) mass is 558 g/mol. The van der Waals surface area contributed by atoms with E-state index in [9.17, 15) is 9.59 Å². The van der Waals surface area contributed by atoms with Crippen LogP contribution in [0.2, 0.25) is 5.02 Å². The Hall–Kier alpha value is -4.17. The molecule has 0 saturated heterocycles. The molecule has 0 saturated carbocycles. The van der Waals surface area contributed by atoms with E-state index in [4.69, 9.17) is 37.4 Å². The highest BCUT2D eigenvalue weighted by Crippen LogP contribution is 2.25. The normalized spacial score (nSPS) is 9.53. The Morgan fingerprint density at radius 2 is 1.63 bits per heavy atom. The molecule has 0 atom stereocenters. The topological polar surface area (TPSA) is 145 Å². The Morgan fingerprint density at radius 3 is 2.18 bits per heavy atom. The quantitative estimate of drug-likeness (QED) is 0.172. The molecule has 0 spiro atoms. The van der Waals surface area contributed by atoms with Gasteiger partial charge in [-0.2, -0.15) is 9.59 Å². The average molecular weight is 559 g/mol. The lowest BCUT2D eigenvalue weighted by atomic mass is 10.1. The molecule has 3 aromatic rings. The van der Waals surface area contributed by atoms with E-state index in [-0.39, 0.29) is 30.4 Å². The molecule has 0 bridgehead atoms. The zero-order valence-corrected chi connectivity index (χ0v) is 22.2. The van der Waals surface area contributed by atoms with E-state index in [0.717, 1.165) is 11.1 Å². The van der Waals surface area contributed by atoms with Crippen LogP contribution in [0.3, 0.4) is 0 Å². The highest BCUT2D eigenvalue weighted by Gasteiger charge is 2.14. The molecule has 38 heavy (non-hydrogen) atoms. The first-order valence-corrected chi connectivity index (χ1v) is 11.7. The van der Waals surface area contributed by atoms with Crippen molar-refractivity contribution in [1.82, 2.24) is 4.90 Å². The van der Waals surface area contributed by atoms with Gasteiger partial charge in [0.2, 0.25) is 5.91 Å². The van der Waals surface area contributed by atoms with Crippen molar-refractivity contribution in [2.75, 3.05) is 6.54 Å². The van der Waals surface area contributed by atoms with Gasteiger partial charge < -0.3 is 21.1 Å². The highest BCUT2D eigenvalue weighted by atomic mass is 35.5. The molecule has 200 valence electrons. The summed E-state index contributed by atoms with van der Waals surface area (Å²) in [5, 5.41) is 0.437. The molecule has 3 rings (SSSR count). The number of carbonyl (C=O) groups excluding carboxylic acids is 4. The lowest BCUT2D eigenvalue weighted by molar-refractivity contribution is -0.191. The van der Waals surface area contributed by atoms with Crippen molar-refractivity contribution in [2.45, 2.75) is 26.3 Å². The van der Waals surface area contributed by atoms with Gasteiger partial charge in [-0.15, -0.1) is 12.4 Å². The second-order valence-corrected chi connectivity index (χ2v) is 8.11. The summed E-state index contributed by atoms with van der Waals surface area (Å²) in [6, 6.07) is 21.3. The number of nitrogens with zero attached hydrogens (tertiary/aromatic N) is 2. The standard InChI is InChI=1S/C26H27ClN4O3.CO2.ClH/c1-2-31(17-18-6-4-3-5-7-18)24(32)15-11-19-10-14-22(16-23(19)27)34-25(33)20-8-12-21(13-9-20)30-26(28)29;2-1-3;/h3-10,12-14,16H,2,11,15,17H2,1H3,(H4,28,29,30);;1H. The van der Waals surface area contributed by atoms with Crippen molar-refractivity contribution in [3.8, 4) is 5.75 Å². The van der Waals surface area contributed by atoms with Crippen molar-refractivity contribution >= 4 is 53.7 Å². The average Bonchev–Trinajstić information content (AvgIpc) is 2.87. The van der Waals surface area contributed by atoms with Crippen LogP contribution in [-0.4, -0.2) is 35.4 Å². The molecule has 0 heterocycles.